The number of phenols is 1. The van der Waals surface area contributed by atoms with Crippen LogP contribution in [-0.2, 0) is 20.9 Å². The van der Waals surface area contributed by atoms with Crippen molar-refractivity contribution in [2.24, 2.45) is 0 Å². The first-order valence-corrected chi connectivity index (χ1v) is 16.1. The van der Waals surface area contributed by atoms with E-state index in [1.165, 1.54) is 36.4 Å². The van der Waals surface area contributed by atoms with E-state index in [9.17, 15) is 31.5 Å². The van der Waals surface area contributed by atoms with Gasteiger partial charge in [-0.15, -0.1) is 0 Å². The Morgan fingerprint density at radius 1 is 1.05 bits per heavy atom. The maximum absolute atomic E-state index is 13.6. The highest BCUT2D eigenvalue weighted by Crippen LogP contribution is 2.43. The van der Waals surface area contributed by atoms with Gasteiger partial charge in [-0.2, -0.15) is 13.2 Å². The normalized spacial score (nSPS) is 14.7. The van der Waals surface area contributed by atoms with Gasteiger partial charge < -0.3 is 14.8 Å². The molecule has 1 fully saturated rings. The number of aromatic hydroxyl groups is 1. The van der Waals surface area contributed by atoms with E-state index in [0.717, 1.165) is 37.0 Å². The maximum Gasteiger partial charge on any atom is 0.416 e. The number of ether oxygens (including phenoxy) is 1. The summed E-state index contributed by atoms with van der Waals surface area (Å²) < 4.78 is 74.0. The zero-order valence-electron chi connectivity index (χ0n) is 22.6. The number of pyridine rings is 1. The van der Waals surface area contributed by atoms with E-state index < -0.39 is 27.3 Å². The van der Waals surface area contributed by atoms with Crippen molar-refractivity contribution in [3.05, 3.63) is 81.6 Å². The largest absolute Gasteiger partial charge is 0.507 e. The molecule has 8 nitrogen and oxygen atoms in total. The minimum atomic E-state index is -4.64. The van der Waals surface area contributed by atoms with E-state index in [1.807, 2.05) is 0 Å². The number of fused-ring (bicyclic) bond motifs is 1. The molecular formula is C29H27ClF3N3O5S2. The average molecular weight is 654 g/mol. The van der Waals surface area contributed by atoms with E-state index in [-0.39, 0.29) is 43.5 Å². The van der Waals surface area contributed by atoms with Gasteiger partial charge in [0, 0.05) is 50.7 Å². The van der Waals surface area contributed by atoms with Crippen molar-refractivity contribution in [3.8, 4) is 16.9 Å². The van der Waals surface area contributed by atoms with Gasteiger partial charge >= 0.3 is 6.18 Å². The van der Waals surface area contributed by atoms with Gasteiger partial charge in [-0.05, 0) is 73.6 Å². The Balaban J connectivity index is 1.43. The number of aromatic nitrogens is 1. The molecule has 2 heterocycles. The lowest BCUT2D eigenvalue weighted by Crippen LogP contribution is -2.37. The fraction of sp³-hybridized carbons (Fsp3) is 0.276. The Morgan fingerprint density at radius 3 is 2.47 bits per heavy atom. The molecule has 0 radical (unpaired) electrons. The van der Waals surface area contributed by atoms with E-state index in [2.05, 4.69) is 14.6 Å². The molecule has 14 heteroatoms. The Hall–Kier alpha value is -3.23. The Kier molecular flexibility index (Phi) is 9.28. The van der Waals surface area contributed by atoms with Crippen LogP contribution in [0.4, 0.5) is 18.9 Å². The van der Waals surface area contributed by atoms with Gasteiger partial charge in [0.25, 0.3) is 5.56 Å². The number of anilines is 1. The maximum atomic E-state index is 13.6. The monoisotopic (exact) mass is 653 g/mol. The van der Waals surface area contributed by atoms with Crippen LogP contribution in [0.1, 0.15) is 12.0 Å². The molecule has 5 rings (SSSR count). The average Bonchev–Trinajstić information content (AvgIpc) is 2.95. The summed E-state index contributed by atoms with van der Waals surface area (Å²) in [4.78, 5) is 18.6. The quantitative estimate of drug-likeness (QED) is 0.198. The molecule has 0 spiro atoms. The fourth-order valence-electron chi connectivity index (χ4n) is 4.77. The lowest BCUT2D eigenvalue weighted by atomic mass is 9.98. The lowest BCUT2D eigenvalue weighted by Gasteiger charge is -2.26. The highest BCUT2D eigenvalue weighted by atomic mass is 35.5. The van der Waals surface area contributed by atoms with Crippen LogP contribution in [0.2, 0.25) is 5.02 Å². The molecule has 0 unspecified atom stereocenters. The molecule has 0 aliphatic carbocycles. The molecule has 4 aromatic rings. The number of H-pyrrole nitrogens is 1. The minimum Gasteiger partial charge on any atom is -0.507 e. The molecule has 0 atom stereocenters. The van der Waals surface area contributed by atoms with E-state index >= 15 is 0 Å². The van der Waals surface area contributed by atoms with Crippen LogP contribution in [0, 0.1) is 0 Å². The summed E-state index contributed by atoms with van der Waals surface area (Å²) in [5.41, 5.74) is -0.864. The van der Waals surface area contributed by atoms with Crippen LogP contribution >= 0.6 is 23.4 Å². The fourth-order valence-corrected chi connectivity index (χ4v) is 7.02. The molecular weight excluding hydrogens is 627 g/mol. The summed E-state index contributed by atoms with van der Waals surface area (Å²) in [5, 5.41) is 10.9. The highest BCUT2D eigenvalue weighted by Gasteiger charge is 2.31. The van der Waals surface area contributed by atoms with Gasteiger partial charge in [0.05, 0.1) is 29.4 Å². The first kappa shape index (κ1) is 31.2. The van der Waals surface area contributed by atoms with Crippen molar-refractivity contribution in [2.75, 3.05) is 43.3 Å². The van der Waals surface area contributed by atoms with Crippen LogP contribution in [0.3, 0.4) is 0 Å². The molecule has 3 N–H and O–H groups in total. The van der Waals surface area contributed by atoms with Gasteiger partial charge in [-0.3, -0.25) is 14.4 Å². The van der Waals surface area contributed by atoms with Crippen molar-refractivity contribution < 1.29 is 31.4 Å². The predicted octanol–water partition coefficient (Wildman–Crippen LogP) is 6.19. The number of sulfonamides is 1. The minimum absolute atomic E-state index is 0.0286. The third-order valence-corrected chi connectivity index (χ3v) is 9.57. The number of hydrogen-bond acceptors (Lipinski definition) is 7. The van der Waals surface area contributed by atoms with Crippen LogP contribution in [0.5, 0.6) is 5.75 Å². The predicted molar refractivity (Wildman–Crippen MR) is 162 cm³/mol. The van der Waals surface area contributed by atoms with E-state index in [4.69, 9.17) is 16.3 Å². The van der Waals surface area contributed by atoms with Gasteiger partial charge in [0.15, 0.2) is 0 Å². The number of nitrogens with one attached hydrogen (secondary N) is 2. The smallest absolute Gasteiger partial charge is 0.416 e. The molecule has 1 aliphatic rings. The van der Waals surface area contributed by atoms with Crippen molar-refractivity contribution in [2.45, 2.75) is 22.4 Å². The SMILES string of the molecule is O=c1[nH]c2ccc(C(F)(F)F)cc2c(-c2cc(Cl)ccc2O)c1Sc1ccc(NS(=O)(=O)CCCN2CCOCC2)cc1. The van der Waals surface area contributed by atoms with Crippen molar-refractivity contribution in [3.63, 3.8) is 0 Å². The van der Waals surface area contributed by atoms with E-state index in [1.54, 1.807) is 12.1 Å². The first-order valence-electron chi connectivity index (χ1n) is 13.2. The summed E-state index contributed by atoms with van der Waals surface area (Å²) >= 11 is 7.13. The molecule has 0 amide bonds. The summed E-state index contributed by atoms with van der Waals surface area (Å²) in [7, 11) is -3.61. The molecule has 1 aliphatic heterocycles. The molecule has 1 aromatic heterocycles. The van der Waals surface area contributed by atoms with Crippen LogP contribution in [0.15, 0.2) is 75.2 Å². The van der Waals surface area contributed by atoms with Gasteiger partial charge in [0.2, 0.25) is 10.0 Å². The van der Waals surface area contributed by atoms with Crippen molar-refractivity contribution in [1.82, 2.24) is 9.88 Å². The zero-order chi connectivity index (χ0) is 30.8. The van der Waals surface area contributed by atoms with Crippen molar-refractivity contribution >= 4 is 50.0 Å². The zero-order valence-corrected chi connectivity index (χ0v) is 25.0. The summed E-state index contributed by atoms with van der Waals surface area (Å²) in [6, 6.07) is 13.3. The van der Waals surface area contributed by atoms with Crippen LogP contribution < -0.4 is 10.3 Å². The molecule has 228 valence electrons. The number of benzene rings is 3. The second-order valence-electron chi connectivity index (χ2n) is 9.93. The third-order valence-electron chi connectivity index (χ3n) is 6.86. The van der Waals surface area contributed by atoms with Gasteiger partial charge in [-0.1, -0.05) is 23.4 Å². The van der Waals surface area contributed by atoms with Gasteiger partial charge in [0.1, 0.15) is 5.75 Å². The Labute approximate surface area is 254 Å². The number of morpholine rings is 1. The molecule has 43 heavy (non-hydrogen) atoms. The molecule has 0 saturated carbocycles. The standard InChI is InChI=1S/C29H27ClF3N3O5S2/c30-19-3-9-25(37)23(17-19)26-22-16-18(29(31,32)33)2-8-24(22)34-28(38)27(26)42-21-6-4-20(5-7-21)35-43(39,40)15-1-10-36-11-13-41-14-12-36/h2-9,16-17,35,37H,1,10-15H2,(H,34,38). The highest BCUT2D eigenvalue weighted by molar-refractivity contribution is 7.99. The summed E-state index contributed by atoms with van der Waals surface area (Å²) in [6.07, 6.45) is -4.18. The lowest BCUT2D eigenvalue weighted by molar-refractivity contribution is -0.137. The number of hydrogen-bond donors (Lipinski definition) is 3. The topological polar surface area (TPSA) is 112 Å². The van der Waals surface area contributed by atoms with Crippen molar-refractivity contribution in [1.29, 1.82) is 0 Å². The van der Waals surface area contributed by atoms with Crippen LogP contribution in [-0.4, -0.2) is 62.0 Å². The number of aromatic amines is 1. The number of nitrogens with zero attached hydrogens (tertiary/aromatic N) is 1. The third kappa shape index (κ3) is 7.65. The molecule has 0 bridgehead atoms. The molecule has 3 aromatic carbocycles. The van der Waals surface area contributed by atoms with Crippen LogP contribution in [0.25, 0.3) is 22.0 Å². The first-order chi connectivity index (χ1) is 20.4. The number of alkyl halides is 3. The second-order valence-corrected chi connectivity index (χ2v) is 13.3. The Morgan fingerprint density at radius 2 is 1.77 bits per heavy atom. The van der Waals surface area contributed by atoms with E-state index in [0.29, 0.717) is 36.8 Å². The molecule has 1 saturated heterocycles. The second kappa shape index (κ2) is 12.8. The Bertz CT molecular complexity index is 1790. The van der Waals surface area contributed by atoms with Gasteiger partial charge in [-0.25, -0.2) is 8.42 Å². The number of rotatable bonds is 9. The summed E-state index contributed by atoms with van der Waals surface area (Å²) in [6.45, 7) is 3.46. The number of phenolic OH excluding ortho intramolecular Hbond substituents is 1. The number of halogens is 4. The summed E-state index contributed by atoms with van der Waals surface area (Å²) in [5.74, 6) is -0.325.